The van der Waals surface area contributed by atoms with Gasteiger partial charge in [-0.15, -0.1) is 13.2 Å². The Hall–Kier alpha value is -2.02. The van der Waals surface area contributed by atoms with Crippen molar-refractivity contribution in [1.29, 1.82) is 0 Å². The minimum absolute atomic E-state index is 0.0125. The number of aliphatic hydroxyl groups excluding tert-OH is 1. The number of ether oxygens (including phenoxy) is 1. The Morgan fingerprint density at radius 3 is 2.53 bits per heavy atom. The monoisotopic (exact) mass is 272 g/mol. The maximum Gasteiger partial charge on any atom is 0.573 e. The lowest BCUT2D eigenvalue weighted by Crippen LogP contribution is -2.19. The van der Waals surface area contributed by atoms with Crippen molar-refractivity contribution in [3.8, 4) is 5.75 Å². The summed E-state index contributed by atoms with van der Waals surface area (Å²) >= 11 is 0. The van der Waals surface area contributed by atoms with E-state index >= 15 is 0 Å². The number of hydrogen-bond donors (Lipinski definition) is 1. The van der Waals surface area contributed by atoms with Crippen molar-refractivity contribution in [3.05, 3.63) is 47.8 Å². The van der Waals surface area contributed by atoms with Gasteiger partial charge < -0.3 is 9.84 Å². The van der Waals surface area contributed by atoms with Gasteiger partial charge in [-0.2, -0.15) is 5.10 Å². The maximum absolute atomic E-state index is 12.3. The highest BCUT2D eigenvalue weighted by Gasteiger charge is 2.33. The SMILES string of the molecule is Cn1ccc(C(O)c2ccccc2OC(F)(F)F)n1. The van der Waals surface area contributed by atoms with Crippen molar-refractivity contribution in [3.63, 3.8) is 0 Å². The van der Waals surface area contributed by atoms with Gasteiger partial charge in [0.15, 0.2) is 0 Å². The average molecular weight is 272 g/mol. The zero-order chi connectivity index (χ0) is 14.0. The van der Waals surface area contributed by atoms with E-state index in [1.165, 1.54) is 28.9 Å². The van der Waals surface area contributed by atoms with Crippen LogP contribution in [0.5, 0.6) is 5.75 Å². The van der Waals surface area contributed by atoms with Gasteiger partial charge in [0.05, 0.1) is 5.69 Å². The third-order valence-corrected chi connectivity index (χ3v) is 2.45. The number of aliphatic hydroxyl groups is 1. The molecule has 2 aromatic rings. The molecule has 0 spiro atoms. The molecule has 1 aromatic carbocycles. The second kappa shape index (κ2) is 4.93. The van der Waals surface area contributed by atoms with Gasteiger partial charge in [0.1, 0.15) is 11.9 Å². The molecule has 0 bridgehead atoms. The molecule has 1 unspecified atom stereocenters. The van der Waals surface area contributed by atoms with E-state index < -0.39 is 18.2 Å². The molecule has 0 saturated heterocycles. The number of para-hydroxylation sites is 1. The molecule has 7 heteroatoms. The van der Waals surface area contributed by atoms with E-state index in [2.05, 4.69) is 9.84 Å². The van der Waals surface area contributed by atoms with Gasteiger partial charge in [-0.3, -0.25) is 4.68 Å². The zero-order valence-corrected chi connectivity index (χ0v) is 9.93. The van der Waals surface area contributed by atoms with E-state index in [-0.39, 0.29) is 11.3 Å². The van der Waals surface area contributed by atoms with Gasteiger partial charge in [-0.05, 0) is 12.1 Å². The predicted octanol–water partition coefficient (Wildman–Crippen LogP) is 2.40. The van der Waals surface area contributed by atoms with Crippen LogP contribution in [0.1, 0.15) is 17.4 Å². The van der Waals surface area contributed by atoms with E-state index in [1.54, 1.807) is 13.2 Å². The number of aromatic nitrogens is 2. The van der Waals surface area contributed by atoms with Gasteiger partial charge in [0, 0.05) is 18.8 Å². The van der Waals surface area contributed by atoms with E-state index in [1.807, 2.05) is 0 Å². The van der Waals surface area contributed by atoms with Crippen LogP contribution in [0.15, 0.2) is 36.5 Å². The van der Waals surface area contributed by atoms with Gasteiger partial charge >= 0.3 is 6.36 Å². The van der Waals surface area contributed by atoms with Crippen LogP contribution in [-0.2, 0) is 7.05 Å². The van der Waals surface area contributed by atoms with Crippen molar-refractivity contribution < 1.29 is 23.0 Å². The number of hydrogen-bond acceptors (Lipinski definition) is 3. The van der Waals surface area contributed by atoms with Gasteiger partial charge in [0.2, 0.25) is 0 Å². The predicted molar refractivity (Wildman–Crippen MR) is 60.4 cm³/mol. The summed E-state index contributed by atoms with van der Waals surface area (Å²) < 4.78 is 42.1. The summed E-state index contributed by atoms with van der Waals surface area (Å²) in [6.45, 7) is 0. The highest BCUT2D eigenvalue weighted by Crippen LogP contribution is 2.32. The normalized spacial score (nSPS) is 13.3. The first-order chi connectivity index (χ1) is 8.87. The molecule has 1 atom stereocenters. The number of alkyl halides is 3. The lowest BCUT2D eigenvalue weighted by atomic mass is 10.1. The number of aryl methyl sites for hydroxylation is 1. The molecule has 1 heterocycles. The third kappa shape index (κ3) is 3.25. The molecule has 0 aliphatic carbocycles. The summed E-state index contributed by atoms with van der Waals surface area (Å²) in [6.07, 6.45) is -4.49. The van der Waals surface area contributed by atoms with Crippen molar-refractivity contribution in [2.45, 2.75) is 12.5 Å². The fraction of sp³-hybridized carbons (Fsp3) is 0.250. The Labute approximate surface area is 107 Å². The van der Waals surface area contributed by atoms with Crippen LogP contribution in [0.4, 0.5) is 13.2 Å². The van der Waals surface area contributed by atoms with Gasteiger partial charge in [0.25, 0.3) is 0 Å². The number of benzene rings is 1. The standard InChI is InChI=1S/C12H11F3N2O2/c1-17-7-6-9(16-17)11(18)8-4-2-3-5-10(8)19-12(13,14)15/h2-7,11,18H,1H3. The Balaban J connectivity index is 2.34. The quantitative estimate of drug-likeness (QED) is 0.933. The summed E-state index contributed by atoms with van der Waals surface area (Å²) in [5.41, 5.74) is 0.263. The summed E-state index contributed by atoms with van der Waals surface area (Å²) in [4.78, 5) is 0. The van der Waals surface area contributed by atoms with E-state index in [0.717, 1.165) is 6.07 Å². The van der Waals surface area contributed by atoms with Crippen molar-refractivity contribution in [2.24, 2.45) is 7.05 Å². The fourth-order valence-corrected chi connectivity index (χ4v) is 1.66. The van der Waals surface area contributed by atoms with Crippen LogP contribution in [0, 0.1) is 0 Å². The van der Waals surface area contributed by atoms with Crippen LogP contribution < -0.4 is 4.74 Å². The molecule has 1 N–H and O–H groups in total. The van der Waals surface area contributed by atoms with E-state index in [9.17, 15) is 18.3 Å². The number of rotatable bonds is 3. The largest absolute Gasteiger partial charge is 0.573 e. The molecule has 102 valence electrons. The molecule has 0 fully saturated rings. The molecule has 1 aromatic heterocycles. The topological polar surface area (TPSA) is 47.3 Å². The summed E-state index contributed by atoms with van der Waals surface area (Å²) in [5.74, 6) is -0.437. The first kappa shape index (κ1) is 13.4. The minimum atomic E-state index is -4.81. The summed E-state index contributed by atoms with van der Waals surface area (Å²) in [7, 11) is 1.65. The van der Waals surface area contributed by atoms with Crippen LogP contribution in [-0.4, -0.2) is 21.2 Å². The molecule has 0 radical (unpaired) electrons. The molecule has 4 nitrogen and oxygen atoms in total. The third-order valence-electron chi connectivity index (χ3n) is 2.45. The van der Waals surface area contributed by atoms with Crippen molar-refractivity contribution >= 4 is 0 Å². The molecule has 0 aliphatic heterocycles. The van der Waals surface area contributed by atoms with E-state index in [0.29, 0.717) is 0 Å². The Morgan fingerprint density at radius 1 is 1.26 bits per heavy atom. The lowest BCUT2D eigenvalue weighted by molar-refractivity contribution is -0.275. The minimum Gasteiger partial charge on any atom is -0.405 e. The van der Waals surface area contributed by atoms with Gasteiger partial charge in [-0.1, -0.05) is 18.2 Å². The first-order valence-electron chi connectivity index (χ1n) is 5.39. The van der Waals surface area contributed by atoms with Crippen LogP contribution in [0.25, 0.3) is 0 Å². The lowest BCUT2D eigenvalue weighted by Gasteiger charge is -2.15. The van der Waals surface area contributed by atoms with Crippen LogP contribution in [0.2, 0.25) is 0 Å². The molecule has 0 saturated carbocycles. The van der Waals surface area contributed by atoms with Crippen LogP contribution >= 0.6 is 0 Å². The smallest absolute Gasteiger partial charge is 0.405 e. The Bertz CT molecular complexity index is 566. The average Bonchev–Trinajstić information content (AvgIpc) is 2.74. The highest BCUT2D eigenvalue weighted by molar-refractivity contribution is 5.38. The Morgan fingerprint density at radius 2 is 1.95 bits per heavy atom. The van der Waals surface area contributed by atoms with Crippen molar-refractivity contribution in [1.82, 2.24) is 9.78 Å². The van der Waals surface area contributed by atoms with Gasteiger partial charge in [-0.25, -0.2) is 0 Å². The summed E-state index contributed by atoms with van der Waals surface area (Å²) in [6, 6.07) is 6.95. The zero-order valence-electron chi connectivity index (χ0n) is 9.93. The van der Waals surface area contributed by atoms with Crippen LogP contribution in [0.3, 0.4) is 0 Å². The fourth-order valence-electron chi connectivity index (χ4n) is 1.66. The second-order valence-corrected chi connectivity index (χ2v) is 3.90. The van der Waals surface area contributed by atoms with Crippen molar-refractivity contribution in [2.75, 3.05) is 0 Å². The summed E-state index contributed by atoms with van der Waals surface area (Å²) in [5, 5.41) is 14.0. The van der Waals surface area contributed by atoms with E-state index in [4.69, 9.17) is 0 Å². The molecule has 0 amide bonds. The molecule has 19 heavy (non-hydrogen) atoms. The first-order valence-corrected chi connectivity index (χ1v) is 5.39. The Kier molecular flexibility index (Phi) is 3.48. The molecular weight excluding hydrogens is 261 g/mol. The number of nitrogens with zero attached hydrogens (tertiary/aromatic N) is 2. The number of halogens is 3. The maximum atomic E-state index is 12.3. The molecular formula is C12H11F3N2O2. The second-order valence-electron chi connectivity index (χ2n) is 3.90. The molecule has 0 aliphatic rings. The highest BCUT2D eigenvalue weighted by atomic mass is 19.4. The molecule has 2 rings (SSSR count).